The first kappa shape index (κ1) is 18.5. The average Bonchev–Trinajstić information content (AvgIpc) is 2.60. The van der Waals surface area contributed by atoms with Crippen LogP contribution in [0, 0.1) is 0 Å². The summed E-state index contributed by atoms with van der Waals surface area (Å²) in [6.07, 6.45) is 1.82. The van der Waals surface area contributed by atoms with Crippen molar-refractivity contribution >= 4 is 18.1 Å². The van der Waals surface area contributed by atoms with E-state index in [0.29, 0.717) is 6.42 Å². The molecule has 25 heavy (non-hydrogen) atoms. The lowest BCUT2D eigenvalue weighted by atomic mass is 9.88. The molecule has 0 radical (unpaired) electrons. The first-order valence-corrected chi connectivity index (χ1v) is 7.78. The van der Waals surface area contributed by atoms with Crippen LogP contribution >= 0.6 is 0 Å². The van der Waals surface area contributed by atoms with Gasteiger partial charge in [0.25, 0.3) is 0 Å². The van der Waals surface area contributed by atoms with Crippen LogP contribution in [0.5, 0.6) is 0 Å². The molecule has 0 fully saturated rings. The molecule has 0 saturated carbocycles. The SMILES string of the molecule is COC(=O)[C@@]1(OC(=O)OCc2ccccc2)C=CC[C@H](OC(C)=O)C1. The van der Waals surface area contributed by atoms with E-state index < -0.39 is 29.8 Å². The van der Waals surface area contributed by atoms with Gasteiger partial charge in [0.1, 0.15) is 12.7 Å². The Balaban J connectivity index is 2.05. The Bertz CT molecular complexity index is 653. The van der Waals surface area contributed by atoms with Gasteiger partial charge in [-0.05, 0) is 11.6 Å². The van der Waals surface area contributed by atoms with E-state index in [-0.39, 0.29) is 13.0 Å². The molecule has 0 aromatic heterocycles. The molecule has 0 spiro atoms. The Morgan fingerprint density at radius 1 is 1.20 bits per heavy atom. The summed E-state index contributed by atoms with van der Waals surface area (Å²) in [5, 5.41) is 0. The van der Waals surface area contributed by atoms with Crippen molar-refractivity contribution < 1.29 is 33.3 Å². The van der Waals surface area contributed by atoms with Crippen LogP contribution in [0.4, 0.5) is 4.79 Å². The van der Waals surface area contributed by atoms with Crippen LogP contribution in [0.1, 0.15) is 25.3 Å². The van der Waals surface area contributed by atoms with Gasteiger partial charge in [-0.25, -0.2) is 9.59 Å². The molecule has 0 saturated heterocycles. The fourth-order valence-electron chi connectivity index (χ4n) is 2.56. The van der Waals surface area contributed by atoms with Gasteiger partial charge in [0.15, 0.2) is 0 Å². The minimum Gasteiger partial charge on any atom is -0.466 e. The van der Waals surface area contributed by atoms with E-state index in [1.54, 1.807) is 18.2 Å². The lowest BCUT2D eigenvalue weighted by Crippen LogP contribution is -2.47. The van der Waals surface area contributed by atoms with Crippen LogP contribution in [0.2, 0.25) is 0 Å². The maximum absolute atomic E-state index is 12.2. The normalized spacial score (nSPS) is 21.9. The number of esters is 2. The highest BCUT2D eigenvalue weighted by atomic mass is 16.7. The predicted molar refractivity (Wildman–Crippen MR) is 86.4 cm³/mol. The average molecular weight is 348 g/mol. The molecule has 0 heterocycles. The number of benzene rings is 1. The van der Waals surface area contributed by atoms with Gasteiger partial charge in [-0.3, -0.25) is 4.79 Å². The van der Waals surface area contributed by atoms with Gasteiger partial charge in [-0.2, -0.15) is 0 Å². The molecule has 1 aromatic rings. The number of hydrogen-bond donors (Lipinski definition) is 0. The number of carbonyl (C=O) groups is 3. The number of hydrogen-bond acceptors (Lipinski definition) is 7. The maximum atomic E-state index is 12.2. The van der Waals surface area contributed by atoms with E-state index >= 15 is 0 Å². The summed E-state index contributed by atoms with van der Waals surface area (Å²) in [6, 6.07) is 9.05. The van der Waals surface area contributed by atoms with Crippen LogP contribution < -0.4 is 0 Å². The minimum absolute atomic E-state index is 0.00795. The van der Waals surface area contributed by atoms with Crippen molar-refractivity contribution in [2.24, 2.45) is 0 Å². The zero-order valence-corrected chi connectivity index (χ0v) is 14.1. The van der Waals surface area contributed by atoms with E-state index in [9.17, 15) is 14.4 Å². The highest BCUT2D eigenvalue weighted by Gasteiger charge is 2.46. The molecule has 7 nitrogen and oxygen atoms in total. The first-order valence-electron chi connectivity index (χ1n) is 7.78. The van der Waals surface area contributed by atoms with E-state index in [2.05, 4.69) is 0 Å². The third-order valence-electron chi connectivity index (χ3n) is 3.65. The van der Waals surface area contributed by atoms with Gasteiger partial charge >= 0.3 is 18.1 Å². The quantitative estimate of drug-likeness (QED) is 0.459. The van der Waals surface area contributed by atoms with Crippen LogP contribution in [-0.2, 0) is 35.1 Å². The summed E-state index contributed by atoms with van der Waals surface area (Å²) in [4.78, 5) is 35.4. The molecule has 0 aliphatic heterocycles. The monoisotopic (exact) mass is 348 g/mol. The molecule has 0 N–H and O–H groups in total. The summed E-state index contributed by atoms with van der Waals surface area (Å²) in [5.41, 5.74) is -0.899. The van der Waals surface area contributed by atoms with Gasteiger partial charge in [-0.1, -0.05) is 36.4 Å². The highest BCUT2D eigenvalue weighted by Crippen LogP contribution is 2.30. The Hall–Kier alpha value is -2.83. The molecule has 2 rings (SSSR count). The largest absolute Gasteiger partial charge is 0.510 e. The molecule has 134 valence electrons. The van der Waals surface area contributed by atoms with Crippen molar-refractivity contribution in [1.82, 2.24) is 0 Å². The summed E-state index contributed by atoms with van der Waals surface area (Å²) in [6.45, 7) is 1.28. The van der Waals surface area contributed by atoms with Crippen LogP contribution in [0.3, 0.4) is 0 Å². The molecule has 7 heteroatoms. The fourth-order valence-corrected chi connectivity index (χ4v) is 2.56. The second-order valence-electron chi connectivity index (χ2n) is 5.58. The van der Waals surface area contributed by atoms with Gasteiger partial charge in [0, 0.05) is 19.8 Å². The van der Waals surface area contributed by atoms with E-state index in [4.69, 9.17) is 18.9 Å². The highest BCUT2D eigenvalue weighted by molar-refractivity contribution is 5.85. The lowest BCUT2D eigenvalue weighted by Gasteiger charge is -2.33. The number of carbonyl (C=O) groups excluding carboxylic acids is 3. The zero-order valence-electron chi connectivity index (χ0n) is 14.1. The molecule has 1 aliphatic rings. The fraction of sp³-hybridized carbons (Fsp3) is 0.389. The van der Waals surface area contributed by atoms with E-state index in [1.807, 2.05) is 18.2 Å². The Labute approximate surface area is 145 Å². The summed E-state index contributed by atoms with van der Waals surface area (Å²) in [5.74, 6) is -1.25. The smallest absolute Gasteiger partial charge is 0.466 e. The van der Waals surface area contributed by atoms with E-state index in [1.165, 1.54) is 20.1 Å². The first-order chi connectivity index (χ1) is 11.9. The molecule has 1 aliphatic carbocycles. The molecule has 0 unspecified atom stereocenters. The molecular formula is C18H20O7. The zero-order chi connectivity index (χ0) is 18.3. The van der Waals surface area contributed by atoms with Crippen molar-refractivity contribution in [3.63, 3.8) is 0 Å². The number of rotatable bonds is 5. The lowest BCUT2D eigenvalue weighted by molar-refractivity contribution is -0.167. The number of ether oxygens (including phenoxy) is 4. The van der Waals surface area contributed by atoms with Crippen molar-refractivity contribution in [3.8, 4) is 0 Å². The Morgan fingerprint density at radius 2 is 1.92 bits per heavy atom. The summed E-state index contributed by atoms with van der Waals surface area (Å²) >= 11 is 0. The van der Waals surface area contributed by atoms with Crippen molar-refractivity contribution in [2.45, 2.75) is 38.1 Å². The minimum atomic E-state index is -1.68. The third kappa shape index (κ3) is 5.07. The maximum Gasteiger partial charge on any atom is 0.510 e. The molecular weight excluding hydrogens is 328 g/mol. The number of methoxy groups -OCH3 is 1. The predicted octanol–water partition coefficient (Wildman–Crippen LogP) is 2.53. The topological polar surface area (TPSA) is 88.1 Å². The van der Waals surface area contributed by atoms with Gasteiger partial charge in [-0.15, -0.1) is 0 Å². The van der Waals surface area contributed by atoms with Crippen molar-refractivity contribution in [2.75, 3.05) is 7.11 Å². The second-order valence-corrected chi connectivity index (χ2v) is 5.58. The van der Waals surface area contributed by atoms with Crippen LogP contribution in [-0.4, -0.2) is 36.9 Å². The summed E-state index contributed by atoms with van der Waals surface area (Å²) < 4.78 is 20.2. The van der Waals surface area contributed by atoms with Crippen molar-refractivity contribution in [1.29, 1.82) is 0 Å². The Morgan fingerprint density at radius 3 is 2.56 bits per heavy atom. The van der Waals surface area contributed by atoms with E-state index in [0.717, 1.165) is 5.56 Å². The van der Waals surface area contributed by atoms with Crippen LogP contribution in [0.15, 0.2) is 42.5 Å². The van der Waals surface area contributed by atoms with Gasteiger partial charge in [0.05, 0.1) is 7.11 Å². The van der Waals surface area contributed by atoms with Gasteiger partial charge in [0.2, 0.25) is 5.60 Å². The molecule has 0 amide bonds. The standard InChI is InChI=1S/C18H20O7/c1-13(19)24-15-9-6-10-18(11-15,16(20)22-2)25-17(21)23-12-14-7-4-3-5-8-14/h3-8,10,15H,9,11-12H2,1-2H3/t15-,18+/m0/s1. The third-order valence-corrected chi connectivity index (χ3v) is 3.65. The van der Waals surface area contributed by atoms with Crippen molar-refractivity contribution in [3.05, 3.63) is 48.0 Å². The Kier molecular flexibility index (Phi) is 6.16. The molecule has 0 bridgehead atoms. The second kappa shape index (κ2) is 8.32. The molecule has 1 aromatic carbocycles. The summed E-state index contributed by atoms with van der Waals surface area (Å²) in [7, 11) is 1.19. The van der Waals surface area contributed by atoms with Crippen LogP contribution in [0.25, 0.3) is 0 Å². The van der Waals surface area contributed by atoms with Gasteiger partial charge < -0.3 is 18.9 Å². The molecule has 2 atom stereocenters.